The number of ether oxygens (including phenoxy) is 1. The van der Waals surface area contributed by atoms with Gasteiger partial charge >= 0.3 is 6.03 Å². The zero-order valence-electron chi connectivity index (χ0n) is 12.0. The van der Waals surface area contributed by atoms with Gasteiger partial charge < -0.3 is 9.64 Å². The third kappa shape index (κ3) is 2.98. The van der Waals surface area contributed by atoms with E-state index in [-0.39, 0.29) is 18.2 Å². The van der Waals surface area contributed by atoms with Crippen molar-refractivity contribution in [3.8, 4) is 0 Å². The molecule has 2 atom stereocenters. The van der Waals surface area contributed by atoms with Gasteiger partial charge in [0.2, 0.25) is 9.47 Å². The van der Waals surface area contributed by atoms with Crippen molar-refractivity contribution < 1.29 is 13.7 Å². The molecule has 2 aliphatic heterocycles. The second kappa shape index (κ2) is 6.75. The molecule has 1 aromatic rings. The number of hydrogen-bond donors (Lipinski definition) is 0. The number of carbonyl (C=O) groups is 1. The molecule has 0 bridgehead atoms. The van der Waals surface area contributed by atoms with Crippen LogP contribution in [0.1, 0.15) is 0 Å². The molecule has 1 aromatic heterocycles. The Morgan fingerprint density at radius 3 is 2.73 bits per heavy atom. The van der Waals surface area contributed by atoms with Crippen molar-refractivity contribution in [2.75, 3.05) is 50.0 Å². The van der Waals surface area contributed by atoms with Crippen LogP contribution in [0.25, 0.3) is 0 Å². The van der Waals surface area contributed by atoms with E-state index in [0.717, 1.165) is 13.1 Å². The fourth-order valence-electron chi connectivity index (χ4n) is 2.52. The maximum Gasteiger partial charge on any atom is 0.328 e. The number of halogens is 1. The number of carbonyl (C=O) groups excluding carboxylic acids is 1. The van der Waals surface area contributed by atoms with E-state index in [1.807, 2.05) is 0 Å². The van der Waals surface area contributed by atoms with Crippen molar-refractivity contribution in [3.63, 3.8) is 0 Å². The molecule has 2 amide bonds. The molecule has 3 heterocycles. The Morgan fingerprint density at radius 1 is 1.41 bits per heavy atom. The van der Waals surface area contributed by atoms with Crippen LogP contribution in [0.3, 0.4) is 0 Å². The molecule has 2 aliphatic rings. The van der Waals surface area contributed by atoms with Gasteiger partial charge in [-0.05, 0) is 0 Å². The SMILES string of the molecule is CS(=O)c1nnc(N2C(=O)N(CCl)CC2N2CCOCC2)s1. The van der Waals surface area contributed by atoms with Gasteiger partial charge in [0.25, 0.3) is 0 Å². The first-order valence-electron chi connectivity index (χ1n) is 6.74. The van der Waals surface area contributed by atoms with Gasteiger partial charge in [0.1, 0.15) is 6.17 Å². The lowest BCUT2D eigenvalue weighted by molar-refractivity contribution is 0.0192. The van der Waals surface area contributed by atoms with Crippen molar-refractivity contribution in [2.45, 2.75) is 10.5 Å². The van der Waals surface area contributed by atoms with E-state index < -0.39 is 10.8 Å². The van der Waals surface area contributed by atoms with Crippen LogP contribution in [0.15, 0.2) is 4.34 Å². The monoisotopic (exact) mass is 365 g/mol. The van der Waals surface area contributed by atoms with Crippen LogP contribution in [0.5, 0.6) is 0 Å². The van der Waals surface area contributed by atoms with Gasteiger partial charge in [0.15, 0.2) is 0 Å². The van der Waals surface area contributed by atoms with Crippen molar-refractivity contribution in [1.82, 2.24) is 20.0 Å². The molecule has 11 heteroatoms. The lowest BCUT2D eigenvalue weighted by Gasteiger charge is -2.34. The summed E-state index contributed by atoms with van der Waals surface area (Å²) in [6.45, 7) is 3.28. The molecule has 0 aromatic carbocycles. The summed E-state index contributed by atoms with van der Waals surface area (Å²) in [6.07, 6.45) is 1.39. The summed E-state index contributed by atoms with van der Waals surface area (Å²) in [6, 6.07) is -0.0715. The summed E-state index contributed by atoms with van der Waals surface area (Å²) >= 11 is 7.05. The molecular weight excluding hydrogens is 350 g/mol. The predicted molar refractivity (Wildman–Crippen MR) is 83.7 cm³/mol. The van der Waals surface area contributed by atoms with Crippen molar-refractivity contribution >= 4 is 44.9 Å². The summed E-state index contributed by atoms with van der Waals surface area (Å²) in [5.41, 5.74) is 0. The molecule has 2 fully saturated rings. The van der Waals surface area contributed by atoms with E-state index in [9.17, 15) is 9.00 Å². The Balaban J connectivity index is 1.88. The Morgan fingerprint density at radius 2 is 2.14 bits per heavy atom. The third-order valence-electron chi connectivity index (χ3n) is 3.62. The van der Waals surface area contributed by atoms with Crippen LogP contribution in [-0.4, -0.2) is 81.5 Å². The highest BCUT2D eigenvalue weighted by Crippen LogP contribution is 2.30. The molecular formula is C11H16ClN5O3S2. The Kier molecular flexibility index (Phi) is 4.93. The first kappa shape index (κ1) is 16.1. The van der Waals surface area contributed by atoms with Crippen LogP contribution in [0.4, 0.5) is 9.93 Å². The van der Waals surface area contributed by atoms with E-state index in [0.29, 0.717) is 29.2 Å². The number of aromatic nitrogens is 2. The first-order valence-corrected chi connectivity index (χ1v) is 9.65. The topological polar surface area (TPSA) is 78.9 Å². The predicted octanol–water partition coefficient (Wildman–Crippen LogP) is 0.372. The molecule has 8 nitrogen and oxygen atoms in total. The lowest BCUT2D eigenvalue weighted by Crippen LogP contribution is -2.51. The smallest absolute Gasteiger partial charge is 0.328 e. The fourth-order valence-corrected chi connectivity index (χ4v) is 4.18. The lowest BCUT2D eigenvalue weighted by atomic mass is 10.3. The summed E-state index contributed by atoms with van der Waals surface area (Å²) in [4.78, 5) is 17.9. The minimum absolute atomic E-state index is 0.127. The van der Waals surface area contributed by atoms with E-state index >= 15 is 0 Å². The second-order valence-corrected chi connectivity index (χ2v) is 7.68. The van der Waals surface area contributed by atoms with Crippen LogP contribution in [0, 0.1) is 0 Å². The number of anilines is 1. The molecule has 0 aliphatic carbocycles. The molecule has 2 unspecified atom stereocenters. The summed E-state index contributed by atoms with van der Waals surface area (Å²) in [7, 11) is -1.21. The van der Waals surface area contributed by atoms with Crippen molar-refractivity contribution in [3.05, 3.63) is 0 Å². The fraction of sp³-hybridized carbons (Fsp3) is 0.727. The summed E-state index contributed by atoms with van der Waals surface area (Å²) in [5.74, 6) is 0. The van der Waals surface area contributed by atoms with Gasteiger partial charge in [0.05, 0.1) is 36.6 Å². The highest BCUT2D eigenvalue weighted by Gasteiger charge is 2.43. The van der Waals surface area contributed by atoms with Gasteiger partial charge in [-0.1, -0.05) is 11.3 Å². The number of nitrogens with zero attached hydrogens (tertiary/aromatic N) is 5. The third-order valence-corrected chi connectivity index (χ3v) is 6.15. The van der Waals surface area contributed by atoms with Gasteiger partial charge in [-0.3, -0.25) is 9.11 Å². The van der Waals surface area contributed by atoms with Gasteiger partial charge in [0, 0.05) is 19.3 Å². The number of rotatable bonds is 4. The molecule has 0 radical (unpaired) electrons. The average Bonchev–Trinajstić information content (AvgIpc) is 3.12. The minimum Gasteiger partial charge on any atom is -0.379 e. The Bertz CT molecular complexity index is 580. The molecule has 122 valence electrons. The maximum atomic E-state index is 12.5. The molecule has 3 rings (SSSR count). The first-order chi connectivity index (χ1) is 10.6. The van der Waals surface area contributed by atoms with E-state index in [4.69, 9.17) is 16.3 Å². The van der Waals surface area contributed by atoms with Crippen LogP contribution in [0.2, 0.25) is 0 Å². The molecule has 0 spiro atoms. The minimum atomic E-state index is -1.21. The number of alkyl halides is 1. The van der Waals surface area contributed by atoms with Crippen LogP contribution >= 0.6 is 22.9 Å². The molecule has 0 N–H and O–H groups in total. The van der Waals surface area contributed by atoms with Gasteiger partial charge in [-0.2, -0.15) is 0 Å². The highest BCUT2D eigenvalue weighted by molar-refractivity contribution is 7.86. The maximum absolute atomic E-state index is 12.5. The van der Waals surface area contributed by atoms with Gasteiger partial charge in [-0.25, -0.2) is 9.69 Å². The normalized spacial score (nSPS) is 25.0. The highest BCUT2D eigenvalue weighted by atomic mass is 35.5. The van der Waals surface area contributed by atoms with E-state index in [1.54, 1.807) is 16.1 Å². The van der Waals surface area contributed by atoms with Gasteiger partial charge in [-0.15, -0.1) is 21.8 Å². The van der Waals surface area contributed by atoms with Crippen LogP contribution in [-0.2, 0) is 15.5 Å². The number of urea groups is 1. The average molecular weight is 366 g/mol. The van der Waals surface area contributed by atoms with E-state index in [2.05, 4.69) is 15.1 Å². The van der Waals surface area contributed by atoms with Crippen LogP contribution < -0.4 is 4.90 Å². The number of amides is 2. The number of morpholine rings is 1. The summed E-state index contributed by atoms with van der Waals surface area (Å²) in [5, 5.41) is 8.40. The Labute approximate surface area is 139 Å². The zero-order valence-corrected chi connectivity index (χ0v) is 14.4. The molecule has 22 heavy (non-hydrogen) atoms. The Hall–Kier alpha value is -0.810. The largest absolute Gasteiger partial charge is 0.379 e. The quantitative estimate of drug-likeness (QED) is 0.436. The standard InChI is InChI=1S/C11H16ClN5O3S2/c1-22(19)10-14-13-9(21-10)17-8(6-16(7-12)11(17)18)15-2-4-20-5-3-15/h8H,2-7H2,1H3. The summed E-state index contributed by atoms with van der Waals surface area (Å²) < 4.78 is 17.3. The molecule has 0 saturated carbocycles. The molecule has 2 saturated heterocycles. The zero-order chi connectivity index (χ0) is 15.7. The second-order valence-electron chi connectivity index (χ2n) is 4.93. The van der Waals surface area contributed by atoms with Crippen molar-refractivity contribution in [1.29, 1.82) is 0 Å². The van der Waals surface area contributed by atoms with Crippen molar-refractivity contribution in [2.24, 2.45) is 0 Å². The van der Waals surface area contributed by atoms with E-state index in [1.165, 1.54) is 11.3 Å². The number of hydrogen-bond acceptors (Lipinski definition) is 7.